The molecule has 3 heteroatoms. The van der Waals surface area contributed by atoms with Crippen LogP contribution in [0.25, 0.3) is 0 Å². The molecule has 19 heavy (non-hydrogen) atoms. The molecule has 2 rings (SSSR count). The third-order valence-electron chi connectivity index (χ3n) is 3.07. The van der Waals surface area contributed by atoms with Gasteiger partial charge in [0.2, 0.25) is 0 Å². The lowest BCUT2D eigenvalue weighted by Crippen LogP contribution is -2.18. The van der Waals surface area contributed by atoms with Gasteiger partial charge in [0.05, 0.1) is 5.69 Å². The Balaban J connectivity index is 2.26. The monoisotopic (exact) mass is 258 g/mol. The number of hydrogen-bond acceptors (Lipinski definition) is 2. The Morgan fingerprint density at radius 3 is 2.42 bits per heavy atom. The van der Waals surface area contributed by atoms with E-state index < -0.39 is 0 Å². The van der Waals surface area contributed by atoms with Crippen molar-refractivity contribution in [3.63, 3.8) is 0 Å². The van der Waals surface area contributed by atoms with Gasteiger partial charge in [-0.2, -0.15) is 0 Å². The smallest absolute Gasteiger partial charge is 0.147 e. The lowest BCUT2D eigenvalue weighted by atomic mass is 10.1. The molecule has 1 atom stereocenters. The molecule has 0 fully saturated rings. The lowest BCUT2D eigenvalue weighted by Gasteiger charge is -2.20. The Morgan fingerprint density at radius 2 is 1.84 bits per heavy atom. The van der Waals surface area contributed by atoms with Gasteiger partial charge in [-0.1, -0.05) is 24.3 Å². The van der Waals surface area contributed by atoms with E-state index in [0.717, 1.165) is 11.3 Å². The molecule has 0 bridgehead atoms. The zero-order valence-electron chi connectivity index (χ0n) is 11.3. The van der Waals surface area contributed by atoms with Gasteiger partial charge in [-0.3, -0.25) is 0 Å². The van der Waals surface area contributed by atoms with Gasteiger partial charge in [-0.05, 0) is 43.2 Å². The summed E-state index contributed by atoms with van der Waals surface area (Å²) in [7, 11) is 1.86. The molecular formula is C16H19FN2. The number of para-hydroxylation sites is 1. The predicted octanol–water partition coefficient (Wildman–Crippen LogP) is 3.48. The van der Waals surface area contributed by atoms with Crippen LogP contribution in [0.3, 0.4) is 0 Å². The fourth-order valence-corrected chi connectivity index (χ4v) is 2.11. The number of benzene rings is 2. The van der Waals surface area contributed by atoms with E-state index in [-0.39, 0.29) is 11.9 Å². The van der Waals surface area contributed by atoms with Gasteiger partial charge in [0, 0.05) is 18.8 Å². The third kappa shape index (κ3) is 3.32. The molecule has 2 aromatic rings. The molecule has 0 aromatic heterocycles. The van der Waals surface area contributed by atoms with Gasteiger partial charge in [0.1, 0.15) is 5.82 Å². The molecule has 100 valence electrons. The molecule has 0 radical (unpaired) electrons. The molecule has 0 amide bonds. The SMILES string of the molecule is CC(N)Cc1ccc(N(C)c2ccccc2)c(F)c1. The number of halogens is 1. The van der Waals surface area contributed by atoms with Crippen LogP contribution in [0.15, 0.2) is 48.5 Å². The second-order valence-corrected chi connectivity index (χ2v) is 4.86. The maximum Gasteiger partial charge on any atom is 0.147 e. The summed E-state index contributed by atoms with van der Waals surface area (Å²) < 4.78 is 14.2. The van der Waals surface area contributed by atoms with Crippen molar-refractivity contribution in [2.75, 3.05) is 11.9 Å². The van der Waals surface area contributed by atoms with Crippen LogP contribution in [0.2, 0.25) is 0 Å². The van der Waals surface area contributed by atoms with Gasteiger partial charge in [-0.15, -0.1) is 0 Å². The molecule has 0 aliphatic heterocycles. The van der Waals surface area contributed by atoms with Crippen molar-refractivity contribution in [3.05, 3.63) is 59.9 Å². The van der Waals surface area contributed by atoms with Crippen molar-refractivity contribution in [2.24, 2.45) is 5.73 Å². The minimum atomic E-state index is -0.218. The summed E-state index contributed by atoms with van der Waals surface area (Å²) in [5.74, 6) is -0.218. The van der Waals surface area contributed by atoms with E-state index in [1.54, 1.807) is 12.1 Å². The first-order chi connectivity index (χ1) is 9.08. The largest absolute Gasteiger partial charge is 0.342 e. The summed E-state index contributed by atoms with van der Waals surface area (Å²) in [4.78, 5) is 1.84. The Bertz CT molecular complexity index is 538. The highest BCUT2D eigenvalue weighted by Crippen LogP contribution is 2.26. The number of nitrogens with zero attached hydrogens (tertiary/aromatic N) is 1. The molecule has 2 aromatic carbocycles. The van der Waals surface area contributed by atoms with Gasteiger partial charge in [-0.25, -0.2) is 4.39 Å². The first kappa shape index (κ1) is 13.6. The zero-order valence-corrected chi connectivity index (χ0v) is 11.3. The Hall–Kier alpha value is -1.87. The maximum atomic E-state index is 14.2. The van der Waals surface area contributed by atoms with Crippen molar-refractivity contribution in [3.8, 4) is 0 Å². The predicted molar refractivity (Wildman–Crippen MR) is 78.3 cm³/mol. The summed E-state index contributed by atoms with van der Waals surface area (Å²) in [5, 5.41) is 0. The maximum absolute atomic E-state index is 14.2. The van der Waals surface area contributed by atoms with E-state index in [2.05, 4.69) is 0 Å². The van der Waals surface area contributed by atoms with E-state index in [0.29, 0.717) is 12.1 Å². The van der Waals surface area contributed by atoms with E-state index in [1.807, 2.05) is 55.3 Å². The van der Waals surface area contributed by atoms with Crippen LogP contribution >= 0.6 is 0 Å². The van der Waals surface area contributed by atoms with Crippen LogP contribution in [0.4, 0.5) is 15.8 Å². The average Bonchev–Trinajstić information content (AvgIpc) is 2.38. The van der Waals surface area contributed by atoms with E-state index in [1.165, 1.54) is 0 Å². The van der Waals surface area contributed by atoms with Crippen molar-refractivity contribution < 1.29 is 4.39 Å². The van der Waals surface area contributed by atoms with Crippen LogP contribution in [-0.2, 0) is 6.42 Å². The molecular weight excluding hydrogens is 239 g/mol. The number of nitrogens with two attached hydrogens (primary N) is 1. The fourth-order valence-electron chi connectivity index (χ4n) is 2.11. The highest BCUT2D eigenvalue weighted by molar-refractivity contribution is 5.63. The fraction of sp³-hybridized carbons (Fsp3) is 0.250. The summed E-state index contributed by atoms with van der Waals surface area (Å²) >= 11 is 0. The molecule has 2 N–H and O–H groups in total. The molecule has 1 unspecified atom stereocenters. The van der Waals surface area contributed by atoms with Crippen LogP contribution < -0.4 is 10.6 Å². The minimum Gasteiger partial charge on any atom is -0.342 e. The normalized spacial score (nSPS) is 12.2. The van der Waals surface area contributed by atoms with E-state index >= 15 is 0 Å². The van der Waals surface area contributed by atoms with Gasteiger partial charge in [0.15, 0.2) is 0 Å². The summed E-state index contributed by atoms with van der Waals surface area (Å²) in [6.45, 7) is 1.92. The van der Waals surface area contributed by atoms with Gasteiger partial charge in [0.25, 0.3) is 0 Å². The van der Waals surface area contributed by atoms with Crippen LogP contribution in [0, 0.1) is 5.82 Å². The van der Waals surface area contributed by atoms with Crippen LogP contribution in [-0.4, -0.2) is 13.1 Å². The lowest BCUT2D eigenvalue weighted by molar-refractivity contribution is 0.622. The molecule has 0 heterocycles. The third-order valence-corrected chi connectivity index (χ3v) is 3.07. The van der Waals surface area contributed by atoms with Crippen LogP contribution in [0.1, 0.15) is 12.5 Å². The highest BCUT2D eigenvalue weighted by Gasteiger charge is 2.10. The molecule has 0 aliphatic rings. The molecule has 0 saturated heterocycles. The first-order valence-corrected chi connectivity index (χ1v) is 6.40. The Kier molecular flexibility index (Phi) is 4.17. The summed E-state index contributed by atoms with van der Waals surface area (Å²) in [5.41, 5.74) is 8.19. The molecule has 2 nitrogen and oxygen atoms in total. The number of hydrogen-bond donors (Lipinski definition) is 1. The van der Waals surface area contributed by atoms with Crippen molar-refractivity contribution >= 4 is 11.4 Å². The second kappa shape index (κ2) is 5.85. The summed E-state index contributed by atoms with van der Waals surface area (Å²) in [6.07, 6.45) is 0.687. The number of anilines is 2. The highest BCUT2D eigenvalue weighted by atomic mass is 19.1. The minimum absolute atomic E-state index is 0.0390. The molecule has 0 aliphatic carbocycles. The van der Waals surface area contributed by atoms with Crippen LogP contribution in [0.5, 0.6) is 0 Å². The first-order valence-electron chi connectivity index (χ1n) is 6.40. The second-order valence-electron chi connectivity index (χ2n) is 4.86. The van der Waals surface area contributed by atoms with Crippen molar-refractivity contribution in [1.82, 2.24) is 0 Å². The standard InChI is InChI=1S/C16H19FN2/c1-12(18)10-13-8-9-16(15(17)11-13)19(2)14-6-4-3-5-7-14/h3-9,11-12H,10,18H2,1-2H3. The molecule has 0 saturated carbocycles. The quantitative estimate of drug-likeness (QED) is 0.909. The Labute approximate surface area is 113 Å². The van der Waals surface area contributed by atoms with E-state index in [9.17, 15) is 4.39 Å². The van der Waals surface area contributed by atoms with Gasteiger partial charge >= 0.3 is 0 Å². The van der Waals surface area contributed by atoms with E-state index in [4.69, 9.17) is 5.73 Å². The zero-order chi connectivity index (χ0) is 13.8. The van der Waals surface area contributed by atoms with Crippen molar-refractivity contribution in [2.45, 2.75) is 19.4 Å². The molecule has 0 spiro atoms. The topological polar surface area (TPSA) is 29.3 Å². The average molecular weight is 258 g/mol. The van der Waals surface area contributed by atoms with Crippen molar-refractivity contribution in [1.29, 1.82) is 0 Å². The van der Waals surface area contributed by atoms with Gasteiger partial charge < -0.3 is 10.6 Å². The summed E-state index contributed by atoms with van der Waals surface area (Å²) in [6, 6.07) is 15.1. The Morgan fingerprint density at radius 1 is 1.16 bits per heavy atom. The number of rotatable bonds is 4.